The molecule has 10 heteroatoms. The number of aromatic amines is 1. The maximum Gasteiger partial charge on any atom is 0.323 e. The molecule has 2 N–H and O–H groups in total. The average molecular weight is 461 g/mol. The number of rotatable bonds is 3. The van der Waals surface area contributed by atoms with Crippen molar-refractivity contribution in [1.29, 1.82) is 0 Å². The van der Waals surface area contributed by atoms with Crippen LogP contribution in [0.2, 0.25) is 0 Å². The molecule has 2 saturated carbocycles. The molecular weight excluding hydrogens is 443 g/mol. The van der Waals surface area contributed by atoms with Crippen molar-refractivity contribution in [2.24, 2.45) is 29.6 Å². The van der Waals surface area contributed by atoms with E-state index in [2.05, 4.69) is 4.98 Å². The number of carbonyl (C=O) groups excluding carboxylic acids is 2. The molecule has 160 valence electrons. The molecule has 7 atom stereocenters. The van der Waals surface area contributed by atoms with Gasteiger partial charge in [-0.25, -0.2) is 4.39 Å². The largest absolute Gasteiger partial charge is 0.480 e. The monoisotopic (exact) mass is 460 g/mol. The molecular formula is C21H17FN2O5S2. The van der Waals surface area contributed by atoms with Crippen molar-refractivity contribution in [3.05, 3.63) is 50.2 Å². The lowest BCUT2D eigenvalue weighted by molar-refractivity contribution is -0.149. The molecule has 6 rings (SSSR count). The normalized spacial score (nSPS) is 35.3. The SMILES string of the molecule is O=C(O)CN1C(=O)[C@@H]2[C@@H]3C[C@@H]([C@H]4Sc5[nH]c(=O)sc5[C@H](c5ccc(F)cc5)[C@@H]34)[C@@H]2C1=O. The number of hydrogen-bond acceptors (Lipinski definition) is 6. The molecule has 2 amide bonds. The summed E-state index contributed by atoms with van der Waals surface area (Å²) in [4.78, 5) is 53.9. The Morgan fingerprint density at radius 1 is 1.13 bits per heavy atom. The number of aliphatic carboxylic acids is 1. The summed E-state index contributed by atoms with van der Waals surface area (Å²) in [6, 6.07) is 6.25. The Bertz CT molecular complexity index is 1190. The van der Waals surface area contributed by atoms with Crippen molar-refractivity contribution in [3.8, 4) is 0 Å². The minimum absolute atomic E-state index is 0.0159. The molecule has 3 heterocycles. The number of halogens is 1. The first-order chi connectivity index (χ1) is 14.8. The van der Waals surface area contributed by atoms with Gasteiger partial charge in [0.1, 0.15) is 12.4 Å². The number of H-pyrrole nitrogens is 1. The third kappa shape index (κ3) is 2.57. The molecule has 1 aromatic carbocycles. The van der Waals surface area contributed by atoms with Crippen LogP contribution < -0.4 is 4.87 Å². The number of nitrogens with one attached hydrogen (secondary N) is 1. The summed E-state index contributed by atoms with van der Waals surface area (Å²) in [5, 5.41) is 9.96. The van der Waals surface area contributed by atoms with Crippen molar-refractivity contribution < 1.29 is 23.9 Å². The number of carboxylic acid groups (broad SMARTS) is 1. The van der Waals surface area contributed by atoms with Crippen LogP contribution in [0.1, 0.15) is 22.8 Å². The second-order valence-corrected chi connectivity index (χ2v) is 10.9. The molecule has 0 radical (unpaired) electrons. The molecule has 3 fully saturated rings. The minimum Gasteiger partial charge on any atom is -0.480 e. The molecule has 4 aliphatic rings. The minimum atomic E-state index is -1.20. The highest BCUT2D eigenvalue weighted by Gasteiger charge is 2.69. The van der Waals surface area contributed by atoms with Gasteiger partial charge in [-0.15, -0.1) is 11.8 Å². The van der Waals surface area contributed by atoms with E-state index in [0.717, 1.165) is 38.1 Å². The van der Waals surface area contributed by atoms with E-state index in [1.807, 2.05) is 0 Å². The summed E-state index contributed by atoms with van der Waals surface area (Å²) in [5.74, 6) is -3.62. The van der Waals surface area contributed by atoms with Crippen molar-refractivity contribution in [2.75, 3.05) is 6.54 Å². The first-order valence-corrected chi connectivity index (χ1v) is 11.8. The number of carboxylic acids is 1. The standard InChI is InChI=1S/C21H17FN2O5S2/c22-8-3-1-7(2-4-8)12-13-9-5-10(16(13)30-18-17(12)31-21(29)23-18)15-14(9)19(27)24(20(15)28)6-11(25)26/h1-4,9-10,12-16H,5-6H2,(H,23,29)(H,25,26)/t9-,10-,12-,13-,14-,15+,16-/m1/s1. The molecule has 7 nitrogen and oxygen atoms in total. The molecule has 2 aliphatic heterocycles. The second kappa shape index (κ2) is 6.52. The van der Waals surface area contributed by atoms with E-state index in [0.29, 0.717) is 0 Å². The van der Waals surface area contributed by atoms with E-state index in [9.17, 15) is 23.6 Å². The molecule has 1 saturated heterocycles. The topological polar surface area (TPSA) is 108 Å². The van der Waals surface area contributed by atoms with Crippen LogP contribution in [-0.2, 0) is 14.4 Å². The predicted octanol–water partition coefficient (Wildman–Crippen LogP) is 2.13. The summed E-state index contributed by atoms with van der Waals surface area (Å²) in [7, 11) is 0. The predicted molar refractivity (Wildman–Crippen MR) is 109 cm³/mol. The number of thiazole rings is 1. The number of nitrogens with zero attached hydrogens (tertiary/aromatic N) is 1. The van der Waals surface area contributed by atoms with Crippen LogP contribution in [0.15, 0.2) is 34.1 Å². The highest BCUT2D eigenvalue weighted by Crippen LogP contribution is 2.68. The van der Waals surface area contributed by atoms with Crippen molar-refractivity contribution >= 4 is 40.9 Å². The Morgan fingerprint density at radius 2 is 1.81 bits per heavy atom. The van der Waals surface area contributed by atoms with Gasteiger partial charge in [-0.1, -0.05) is 23.5 Å². The van der Waals surface area contributed by atoms with E-state index in [1.54, 1.807) is 23.9 Å². The fourth-order valence-corrected chi connectivity index (χ4v) is 9.30. The molecule has 1 aromatic heterocycles. The van der Waals surface area contributed by atoms with Crippen LogP contribution in [-0.4, -0.2) is 44.6 Å². The molecule has 2 aromatic rings. The van der Waals surface area contributed by atoms with Gasteiger partial charge in [0.15, 0.2) is 0 Å². The van der Waals surface area contributed by atoms with Gasteiger partial charge in [-0.2, -0.15) is 0 Å². The number of amides is 2. The van der Waals surface area contributed by atoms with Gasteiger partial charge in [0.05, 0.1) is 16.9 Å². The number of likely N-dealkylation sites (tertiary alicyclic amines) is 1. The number of fused-ring (bicyclic) bond motifs is 9. The lowest BCUT2D eigenvalue weighted by Crippen LogP contribution is -2.42. The smallest absolute Gasteiger partial charge is 0.323 e. The molecule has 0 spiro atoms. The molecule has 31 heavy (non-hydrogen) atoms. The zero-order chi connectivity index (χ0) is 21.6. The fraction of sp³-hybridized carbons (Fsp3) is 0.429. The maximum atomic E-state index is 13.6. The van der Waals surface area contributed by atoms with Gasteiger partial charge in [-0.05, 0) is 41.9 Å². The van der Waals surface area contributed by atoms with Crippen LogP contribution in [0.4, 0.5) is 4.39 Å². The number of carbonyl (C=O) groups is 3. The van der Waals surface area contributed by atoms with E-state index < -0.39 is 24.3 Å². The Labute approximate surface area is 183 Å². The summed E-state index contributed by atoms with van der Waals surface area (Å²) >= 11 is 2.71. The van der Waals surface area contributed by atoms with Gasteiger partial charge in [0.25, 0.3) is 0 Å². The molecule has 2 bridgehead atoms. The maximum absolute atomic E-state index is 13.6. The summed E-state index contributed by atoms with van der Waals surface area (Å²) in [6.07, 6.45) is 0.729. The van der Waals surface area contributed by atoms with Crippen LogP contribution in [0.3, 0.4) is 0 Å². The summed E-state index contributed by atoms with van der Waals surface area (Å²) < 4.78 is 13.6. The Hall–Kier alpha value is -2.46. The van der Waals surface area contributed by atoms with Crippen molar-refractivity contribution in [1.82, 2.24) is 9.88 Å². The highest BCUT2D eigenvalue weighted by atomic mass is 32.2. The number of hydrogen-bond donors (Lipinski definition) is 2. The van der Waals surface area contributed by atoms with Crippen molar-refractivity contribution in [2.45, 2.75) is 22.6 Å². The van der Waals surface area contributed by atoms with Gasteiger partial charge in [0.2, 0.25) is 11.8 Å². The lowest BCUT2D eigenvalue weighted by atomic mass is 9.68. The third-order valence-corrected chi connectivity index (χ3v) is 9.93. The van der Waals surface area contributed by atoms with E-state index in [1.165, 1.54) is 12.1 Å². The number of aromatic nitrogens is 1. The van der Waals surface area contributed by atoms with Gasteiger partial charge in [-0.3, -0.25) is 24.1 Å². The molecule has 0 unspecified atom stereocenters. The van der Waals surface area contributed by atoms with E-state index in [-0.39, 0.29) is 51.4 Å². The first-order valence-electron chi connectivity index (χ1n) is 10.1. The summed E-state index contributed by atoms with van der Waals surface area (Å²) in [5.41, 5.74) is 0.886. The van der Waals surface area contributed by atoms with Gasteiger partial charge < -0.3 is 10.1 Å². The highest BCUT2D eigenvalue weighted by molar-refractivity contribution is 8.00. The quantitative estimate of drug-likeness (QED) is 0.680. The number of benzene rings is 1. The van der Waals surface area contributed by atoms with Crippen LogP contribution in [0, 0.1) is 35.4 Å². The van der Waals surface area contributed by atoms with Crippen LogP contribution in [0.25, 0.3) is 0 Å². The van der Waals surface area contributed by atoms with Gasteiger partial charge in [0, 0.05) is 16.0 Å². The van der Waals surface area contributed by atoms with E-state index >= 15 is 0 Å². The third-order valence-electron chi connectivity index (χ3n) is 7.34. The average Bonchev–Trinajstić information content (AvgIpc) is 3.44. The zero-order valence-corrected chi connectivity index (χ0v) is 17.6. The Balaban J connectivity index is 1.45. The van der Waals surface area contributed by atoms with Crippen LogP contribution in [0.5, 0.6) is 0 Å². The Morgan fingerprint density at radius 3 is 2.48 bits per heavy atom. The number of imide groups is 1. The van der Waals surface area contributed by atoms with Crippen LogP contribution >= 0.6 is 23.1 Å². The first kappa shape index (κ1) is 19.2. The second-order valence-electron chi connectivity index (χ2n) is 8.67. The lowest BCUT2D eigenvalue weighted by Gasteiger charge is -2.43. The fourth-order valence-electron chi connectivity index (χ4n) is 6.41. The zero-order valence-electron chi connectivity index (χ0n) is 16.0. The number of thioether (sulfide) groups is 1. The van der Waals surface area contributed by atoms with Gasteiger partial charge >= 0.3 is 10.8 Å². The van der Waals surface area contributed by atoms with E-state index in [4.69, 9.17) is 5.11 Å². The Kier molecular flexibility index (Phi) is 4.05. The van der Waals surface area contributed by atoms with Crippen molar-refractivity contribution in [3.63, 3.8) is 0 Å². The molecule has 2 aliphatic carbocycles. The summed E-state index contributed by atoms with van der Waals surface area (Å²) in [6.45, 7) is -0.603.